The molecule has 0 heterocycles. The average molecular weight is 473 g/mol. The normalized spacial score (nSPS) is 11.1. The zero-order valence-electron chi connectivity index (χ0n) is 15.7. The summed E-state index contributed by atoms with van der Waals surface area (Å²) in [6, 6.07) is 18.4. The van der Waals surface area contributed by atoms with Crippen molar-refractivity contribution in [3.8, 4) is 6.07 Å². The second-order valence-corrected chi connectivity index (χ2v) is 8.72. The highest BCUT2D eigenvalue weighted by Crippen LogP contribution is 2.27. The van der Waals surface area contributed by atoms with Gasteiger partial charge in [0.25, 0.3) is 15.9 Å². The molecule has 0 saturated carbocycles. The third-order valence-corrected chi connectivity index (χ3v) is 5.93. The monoisotopic (exact) mass is 472 g/mol. The zero-order chi connectivity index (χ0) is 22.4. The number of nitriles is 1. The Kier molecular flexibility index (Phi) is 6.92. The van der Waals surface area contributed by atoms with Gasteiger partial charge in [-0.05, 0) is 54.1 Å². The number of benzene rings is 3. The summed E-state index contributed by atoms with van der Waals surface area (Å²) in [7, 11) is -4.02. The van der Waals surface area contributed by atoms with Crippen LogP contribution in [0.15, 0.2) is 76.7 Å². The third kappa shape index (κ3) is 5.83. The number of anilines is 1. The lowest BCUT2D eigenvalue weighted by Gasteiger charge is -2.11. The summed E-state index contributed by atoms with van der Waals surface area (Å²) in [5, 5.41) is 13.1. The lowest BCUT2D eigenvalue weighted by Crippen LogP contribution is -2.19. The Balaban J connectivity index is 1.73. The predicted octanol–water partition coefficient (Wildman–Crippen LogP) is 4.43. The standard InChI is InChI=1S/C21H14Cl2N4O3S/c22-17-8-9-19(23)20(11-17)27-31(29,30)18-3-1-2-16(10-18)21(28)26-25-13-15-6-4-14(12-24)5-7-15/h1-11,13,27H,(H,26,28). The van der Waals surface area contributed by atoms with Crippen LogP contribution < -0.4 is 10.1 Å². The Hall–Kier alpha value is -3.38. The second-order valence-electron chi connectivity index (χ2n) is 6.19. The van der Waals surface area contributed by atoms with E-state index >= 15 is 0 Å². The average Bonchev–Trinajstić information content (AvgIpc) is 2.76. The first-order chi connectivity index (χ1) is 14.8. The van der Waals surface area contributed by atoms with Crippen LogP contribution in [0.3, 0.4) is 0 Å². The smallest absolute Gasteiger partial charge is 0.271 e. The maximum Gasteiger partial charge on any atom is 0.271 e. The molecule has 0 spiro atoms. The number of rotatable bonds is 6. The highest BCUT2D eigenvalue weighted by Gasteiger charge is 2.18. The van der Waals surface area contributed by atoms with E-state index in [0.29, 0.717) is 16.1 Å². The quantitative estimate of drug-likeness (QED) is 0.408. The first-order valence-electron chi connectivity index (χ1n) is 8.70. The number of halogens is 2. The van der Waals surface area contributed by atoms with E-state index in [2.05, 4.69) is 15.2 Å². The fourth-order valence-electron chi connectivity index (χ4n) is 2.46. The molecule has 0 aliphatic rings. The van der Waals surface area contributed by atoms with Crippen LogP contribution in [0.2, 0.25) is 10.0 Å². The Morgan fingerprint density at radius 1 is 1.03 bits per heavy atom. The van der Waals surface area contributed by atoms with E-state index in [1.54, 1.807) is 24.3 Å². The Morgan fingerprint density at radius 3 is 2.48 bits per heavy atom. The number of sulfonamides is 1. The van der Waals surface area contributed by atoms with Gasteiger partial charge in [-0.15, -0.1) is 0 Å². The van der Waals surface area contributed by atoms with Gasteiger partial charge in [-0.1, -0.05) is 41.4 Å². The number of carbonyl (C=O) groups is 1. The van der Waals surface area contributed by atoms with E-state index < -0.39 is 15.9 Å². The van der Waals surface area contributed by atoms with Crippen molar-refractivity contribution >= 4 is 51.0 Å². The van der Waals surface area contributed by atoms with Gasteiger partial charge >= 0.3 is 0 Å². The van der Waals surface area contributed by atoms with Crippen LogP contribution >= 0.6 is 23.2 Å². The Bertz CT molecular complexity index is 1300. The summed E-state index contributed by atoms with van der Waals surface area (Å²) in [6.45, 7) is 0. The highest BCUT2D eigenvalue weighted by molar-refractivity contribution is 7.92. The third-order valence-electron chi connectivity index (χ3n) is 4.00. The molecule has 1 amide bonds. The second kappa shape index (κ2) is 9.62. The van der Waals surface area contributed by atoms with Gasteiger partial charge < -0.3 is 0 Å². The van der Waals surface area contributed by atoms with E-state index in [0.717, 1.165) is 0 Å². The van der Waals surface area contributed by atoms with Gasteiger partial charge in [0.1, 0.15) is 0 Å². The molecule has 31 heavy (non-hydrogen) atoms. The number of nitrogens with zero attached hydrogens (tertiary/aromatic N) is 2. The van der Waals surface area contributed by atoms with E-state index in [-0.39, 0.29) is 21.2 Å². The van der Waals surface area contributed by atoms with E-state index in [1.807, 2.05) is 6.07 Å². The molecule has 10 heteroatoms. The molecule has 3 aromatic rings. The molecule has 0 unspecified atom stereocenters. The molecule has 3 rings (SSSR count). The molecule has 0 aliphatic heterocycles. The van der Waals surface area contributed by atoms with Crippen molar-refractivity contribution in [1.29, 1.82) is 5.26 Å². The van der Waals surface area contributed by atoms with Gasteiger partial charge in [-0.25, -0.2) is 13.8 Å². The largest absolute Gasteiger partial charge is 0.278 e. The SMILES string of the molecule is N#Cc1ccc(C=NNC(=O)c2cccc(S(=O)(=O)Nc3cc(Cl)ccc3Cl)c2)cc1. The maximum atomic E-state index is 12.7. The lowest BCUT2D eigenvalue weighted by molar-refractivity contribution is 0.0955. The highest BCUT2D eigenvalue weighted by atomic mass is 35.5. The molecule has 0 saturated heterocycles. The molecule has 156 valence electrons. The predicted molar refractivity (Wildman–Crippen MR) is 120 cm³/mol. The van der Waals surface area contributed by atoms with E-state index in [4.69, 9.17) is 28.5 Å². The van der Waals surface area contributed by atoms with Crippen LogP contribution in [-0.4, -0.2) is 20.5 Å². The molecular weight excluding hydrogens is 459 g/mol. The molecule has 0 aliphatic carbocycles. The summed E-state index contributed by atoms with van der Waals surface area (Å²) >= 11 is 11.9. The Morgan fingerprint density at radius 2 is 1.77 bits per heavy atom. The van der Waals surface area contributed by atoms with Gasteiger partial charge in [-0.3, -0.25) is 9.52 Å². The van der Waals surface area contributed by atoms with Crippen molar-refractivity contribution in [3.05, 3.63) is 93.5 Å². The minimum Gasteiger partial charge on any atom is -0.278 e. The zero-order valence-corrected chi connectivity index (χ0v) is 18.0. The van der Waals surface area contributed by atoms with Crippen LogP contribution in [0.1, 0.15) is 21.5 Å². The number of hydrogen-bond acceptors (Lipinski definition) is 5. The molecule has 0 atom stereocenters. The van der Waals surface area contributed by atoms with Gasteiger partial charge in [0, 0.05) is 10.6 Å². The van der Waals surface area contributed by atoms with Crippen LogP contribution in [0, 0.1) is 11.3 Å². The maximum absolute atomic E-state index is 12.7. The van der Waals surface area contributed by atoms with Gasteiger partial charge in [-0.2, -0.15) is 10.4 Å². The molecule has 7 nitrogen and oxygen atoms in total. The van der Waals surface area contributed by atoms with Gasteiger partial charge in [0.15, 0.2) is 0 Å². The van der Waals surface area contributed by atoms with E-state index in [9.17, 15) is 13.2 Å². The van der Waals surface area contributed by atoms with Crippen molar-refractivity contribution in [2.75, 3.05) is 4.72 Å². The van der Waals surface area contributed by atoms with Crippen molar-refractivity contribution in [1.82, 2.24) is 5.43 Å². The van der Waals surface area contributed by atoms with Crippen molar-refractivity contribution in [3.63, 3.8) is 0 Å². The number of hydrazone groups is 1. The van der Waals surface area contributed by atoms with Gasteiger partial charge in [0.05, 0.1) is 33.5 Å². The fraction of sp³-hybridized carbons (Fsp3) is 0. The number of hydrogen-bond donors (Lipinski definition) is 2. The van der Waals surface area contributed by atoms with Crippen LogP contribution in [-0.2, 0) is 10.0 Å². The molecule has 0 aromatic heterocycles. The van der Waals surface area contributed by atoms with Crippen molar-refractivity contribution in [2.45, 2.75) is 4.90 Å². The summed E-state index contributed by atoms with van der Waals surface area (Å²) < 4.78 is 27.7. The molecule has 0 radical (unpaired) electrons. The molecule has 0 fully saturated rings. The summed E-state index contributed by atoms with van der Waals surface area (Å²) in [5.41, 5.74) is 3.73. The number of nitrogens with one attached hydrogen (secondary N) is 2. The fourth-order valence-corrected chi connectivity index (χ4v) is 3.97. The minimum atomic E-state index is -4.02. The molecule has 0 bridgehead atoms. The lowest BCUT2D eigenvalue weighted by atomic mass is 10.2. The first kappa shape index (κ1) is 22.3. The van der Waals surface area contributed by atoms with Crippen molar-refractivity contribution < 1.29 is 13.2 Å². The van der Waals surface area contributed by atoms with Crippen molar-refractivity contribution in [2.24, 2.45) is 5.10 Å². The Labute approximate surface area is 189 Å². The summed E-state index contributed by atoms with van der Waals surface area (Å²) in [5.74, 6) is -0.595. The van der Waals surface area contributed by atoms with Crippen LogP contribution in [0.5, 0.6) is 0 Å². The number of amides is 1. The topological polar surface area (TPSA) is 111 Å². The minimum absolute atomic E-state index is 0.0945. The van der Waals surface area contributed by atoms with Gasteiger partial charge in [0.2, 0.25) is 0 Å². The summed E-state index contributed by atoms with van der Waals surface area (Å²) in [4.78, 5) is 12.2. The molecule has 2 N–H and O–H groups in total. The first-order valence-corrected chi connectivity index (χ1v) is 10.9. The van der Waals surface area contributed by atoms with Crippen LogP contribution in [0.25, 0.3) is 0 Å². The van der Waals surface area contributed by atoms with Crippen LogP contribution in [0.4, 0.5) is 5.69 Å². The summed E-state index contributed by atoms with van der Waals surface area (Å²) in [6.07, 6.45) is 1.41. The molecule has 3 aromatic carbocycles. The molecular formula is C21H14Cl2N4O3S. The van der Waals surface area contributed by atoms with E-state index in [1.165, 1.54) is 48.7 Å². The number of carbonyl (C=O) groups excluding carboxylic acids is 1.